The van der Waals surface area contributed by atoms with Gasteiger partial charge >= 0.3 is 0 Å². The fraction of sp³-hybridized carbons (Fsp3) is 0.467. The minimum Gasteiger partial charge on any atom is -0.495 e. The number of aliphatic hydroxyl groups is 2. The van der Waals surface area contributed by atoms with Gasteiger partial charge < -0.3 is 14.9 Å². The van der Waals surface area contributed by atoms with Crippen LogP contribution in [0.1, 0.15) is 18.1 Å². The molecule has 0 fully saturated rings. The number of hydrogen-bond acceptors (Lipinski definition) is 4. The summed E-state index contributed by atoms with van der Waals surface area (Å²) in [5.41, 5.74) is 1.96. The summed E-state index contributed by atoms with van der Waals surface area (Å²) in [4.78, 5) is 0. The summed E-state index contributed by atoms with van der Waals surface area (Å²) >= 11 is 1.79. The van der Waals surface area contributed by atoms with Gasteiger partial charge in [0, 0.05) is 12.4 Å². The molecule has 0 aliphatic heterocycles. The van der Waals surface area contributed by atoms with E-state index in [1.165, 1.54) is 0 Å². The van der Waals surface area contributed by atoms with Crippen molar-refractivity contribution in [2.24, 2.45) is 5.92 Å². The fourth-order valence-corrected chi connectivity index (χ4v) is 2.55. The number of aliphatic hydroxyl groups excluding tert-OH is 2. The van der Waals surface area contributed by atoms with Crippen LogP contribution in [-0.4, -0.2) is 36.3 Å². The molecule has 4 heteroatoms. The van der Waals surface area contributed by atoms with E-state index in [1.807, 2.05) is 25.1 Å². The second kappa shape index (κ2) is 8.87. The molecule has 0 radical (unpaired) electrons. The number of methoxy groups -OCH3 is 1. The zero-order valence-corrected chi connectivity index (χ0v) is 12.2. The molecule has 1 atom stereocenters. The van der Waals surface area contributed by atoms with Crippen LogP contribution in [0.15, 0.2) is 18.2 Å². The maximum Gasteiger partial charge on any atom is 0.134 e. The molecule has 1 unspecified atom stereocenters. The van der Waals surface area contributed by atoms with E-state index >= 15 is 0 Å². The first kappa shape index (κ1) is 15.9. The molecule has 0 heterocycles. The molecule has 1 rings (SSSR count). The second-order valence-corrected chi connectivity index (χ2v) is 5.33. The van der Waals surface area contributed by atoms with Crippen LogP contribution >= 0.6 is 11.8 Å². The van der Waals surface area contributed by atoms with Gasteiger partial charge in [-0.25, -0.2) is 0 Å². The van der Waals surface area contributed by atoms with Gasteiger partial charge in [-0.1, -0.05) is 24.8 Å². The van der Waals surface area contributed by atoms with Crippen LogP contribution in [0.2, 0.25) is 0 Å². The largest absolute Gasteiger partial charge is 0.495 e. The predicted molar refractivity (Wildman–Crippen MR) is 79.4 cm³/mol. The minimum absolute atomic E-state index is 0.157. The van der Waals surface area contributed by atoms with E-state index in [1.54, 1.807) is 18.9 Å². The van der Waals surface area contributed by atoms with Crippen LogP contribution in [0.3, 0.4) is 0 Å². The summed E-state index contributed by atoms with van der Waals surface area (Å²) in [7, 11) is 1.61. The maximum absolute atomic E-state index is 8.97. The van der Waals surface area contributed by atoms with Crippen molar-refractivity contribution in [3.8, 4) is 17.6 Å². The third-order valence-electron chi connectivity index (χ3n) is 2.55. The van der Waals surface area contributed by atoms with Gasteiger partial charge in [-0.2, -0.15) is 11.8 Å². The smallest absolute Gasteiger partial charge is 0.134 e. The average molecular weight is 280 g/mol. The summed E-state index contributed by atoms with van der Waals surface area (Å²) in [5.74, 6) is 8.37. The molecular formula is C15H20O3S. The molecule has 1 aromatic carbocycles. The molecular weight excluding hydrogens is 260 g/mol. The van der Waals surface area contributed by atoms with E-state index in [-0.39, 0.29) is 13.2 Å². The van der Waals surface area contributed by atoms with Crippen LogP contribution in [0.5, 0.6) is 5.75 Å². The first-order valence-corrected chi connectivity index (χ1v) is 7.32. The lowest BCUT2D eigenvalue weighted by molar-refractivity contribution is 0.250. The molecule has 0 saturated heterocycles. The molecule has 0 amide bonds. The summed E-state index contributed by atoms with van der Waals surface area (Å²) in [6.07, 6.45) is 0. The number of rotatable bonds is 6. The van der Waals surface area contributed by atoms with E-state index < -0.39 is 0 Å². The van der Waals surface area contributed by atoms with Crippen molar-refractivity contribution in [3.63, 3.8) is 0 Å². The summed E-state index contributed by atoms with van der Waals surface area (Å²) < 4.78 is 5.23. The van der Waals surface area contributed by atoms with E-state index in [2.05, 4.69) is 11.8 Å². The third-order valence-corrected chi connectivity index (χ3v) is 3.89. The highest BCUT2D eigenvalue weighted by Gasteiger charge is 2.04. The van der Waals surface area contributed by atoms with Gasteiger partial charge in [-0.3, -0.25) is 0 Å². The summed E-state index contributed by atoms with van der Waals surface area (Å²) in [6, 6.07) is 5.89. The lowest BCUT2D eigenvalue weighted by atomic mass is 10.1. The van der Waals surface area contributed by atoms with Crippen LogP contribution in [-0.2, 0) is 5.75 Å². The second-order valence-electron chi connectivity index (χ2n) is 4.30. The standard InChI is InChI=1S/C15H20O3S/c1-12(9-17)10-19-11-13-5-6-15(18-2)14(8-13)4-3-7-16/h5-6,8,12,16-17H,7,9-11H2,1-2H3. The van der Waals surface area contributed by atoms with Crippen LogP contribution < -0.4 is 4.74 Å². The Kier molecular flexibility index (Phi) is 7.42. The zero-order valence-electron chi connectivity index (χ0n) is 11.3. The molecule has 19 heavy (non-hydrogen) atoms. The monoisotopic (exact) mass is 280 g/mol. The Balaban J connectivity index is 2.69. The molecule has 0 aromatic heterocycles. The van der Waals surface area contributed by atoms with Crippen molar-refractivity contribution in [1.82, 2.24) is 0 Å². The van der Waals surface area contributed by atoms with Gasteiger partial charge in [-0.15, -0.1) is 0 Å². The summed E-state index contributed by atoms with van der Waals surface area (Å²) in [5, 5.41) is 17.7. The molecule has 0 aliphatic rings. The number of hydrogen-bond donors (Lipinski definition) is 2. The Labute approximate surface area is 119 Å². The van der Waals surface area contributed by atoms with Crippen molar-refractivity contribution in [2.45, 2.75) is 12.7 Å². The van der Waals surface area contributed by atoms with Gasteiger partial charge in [-0.05, 0) is 29.4 Å². The number of thioether (sulfide) groups is 1. The van der Waals surface area contributed by atoms with Crippen molar-refractivity contribution >= 4 is 11.8 Å². The minimum atomic E-state index is -0.157. The van der Waals surface area contributed by atoms with Crippen molar-refractivity contribution in [3.05, 3.63) is 29.3 Å². The summed E-state index contributed by atoms with van der Waals surface area (Å²) in [6.45, 7) is 2.10. The maximum atomic E-state index is 8.97. The highest BCUT2D eigenvalue weighted by molar-refractivity contribution is 7.98. The van der Waals surface area contributed by atoms with Gasteiger partial charge in [0.25, 0.3) is 0 Å². The van der Waals surface area contributed by atoms with Crippen LogP contribution in [0, 0.1) is 17.8 Å². The van der Waals surface area contributed by atoms with Crippen molar-refractivity contribution in [1.29, 1.82) is 0 Å². The molecule has 2 N–H and O–H groups in total. The Morgan fingerprint density at radius 2 is 2.16 bits per heavy atom. The molecule has 0 spiro atoms. The van der Waals surface area contributed by atoms with Crippen molar-refractivity contribution < 1.29 is 14.9 Å². The first-order valence-electron chi connectivity index (χ1n) is 6.16. The van der Waals surface area contributed by atoms with Crippen molar-refractivity contribution in [2.75, 3.05) is 26.1 Å². The van der Waals surface area contributed by atoms with E-state index in [4.69, 9.17) is 14.9 Å². The average Bonchev–Trinajstić information content (AvgIpc) is 2.45. The van der Waals surface area contributed by atoms with E-state index in [0.29, 0.717) is 5.92 Å². The Hall–Kier alpha value is -1.15. The predicted octanol–water partition coefficient (Wildman–Crippen LogP) is 1.90. The van der Waals surface area contributed by atoms with Crippen LogP contribution in [0.25, 0.3) is 0 Å². The Bertz CT molecular complexity index is 448. The van der Waals surface area contributed by atoms with Gasteiger partial charge in [0.1, 0.15) is 12.4 Å². The normalized spacial score (nSPS) is 11.6. The highest BCUT2D eigenvalue weighted by atomic mass is 32.2. The Morgan fingerprint density at radius 1 is 1.37 bits per heavy atom. The molecule has 3 nitrogen and oxygen atoms in total. The molecule has 1 aromatic rings. The quantitative estimate of drug-likeness (QED) is 0.782. The lowest BCUT2D eigenvalue weighted by Gasteiger charge is -2.09. The zero-order chi connectivity index (χ0) is 14.1. The van der Waals surface area contributed by atoms with E-state index in [9.17, 15) is 0 Å². The highest BCUT2D eigenvalue weighted by Crippen LogP contribution is 2.22. The number of benzene rings is 1. The molecule has 0 saturated carbocycles. The van der Waals surface area contributed by atoms with Gasteiger partial charge in [0.05, 0.1) is 12.7 Å². The van der Waals surface area contributed by atoms with E-state index in [0.717, 1.165) is 28.4 Å². The first-order chi connectivity index (χ1) is 9.21. The molecule has 0 bridgehead atoms. The van der Waals surface area contributed by atoms with Gasteiger partial charge in [0.2, 0.25) is 0 Å². The molecule has 104 valence electrons. The SMILES string of the molecule is COc1ccc(CSCC(C)CO)cc1C#CCO. The topological polar surface area (TPSA) is 49.7 Å². The van der Waals surface area contributed by atoms with Crippen LogP contribution in [0.4, 0.5) is 0 Å². The van der Waals surface area contributed by atoms with Gasteiger partial charge in [0.15, 0.2) is 0 Å². The molecule has 0 aliphatic carbocycles. The Morgan fingerprint density at radius 3 is 2.79 bits per heavy atom. The lowest BCUT2D eigenvalue weighted by Crippen LogP contribution is -2.03. The number of ether oxygens (including phenoxy) is 1. The fourth-order valence-electron chi connectivity index (χ4n) is 1.51. The third kappa shape index (κ3) is 5.56.